The summed E-state index contributed by atoms with van der Waals surface area (Å²) in [5.41, 5.74) is 2.09. The standard InChI is InChI=1S/C26H30F3N7/c1-25(2,3)15-36-14-17(10-33-36)16-6-7-19-20(12-31-22(19)9-16)23-21(26(27,28)29)13-32-24(35-23)34-18-5-4-8-30-11-18/h6-7,9-10,12-14,18,30-31H,4-5,8,11,15H2,1-3H3,(H,32,34,35)/t18-/m0/s1. The third-order valence-electron chi connectivity index (χ3n) is 6.26. The highest BCUT2D eigenvalue weighted by molar-refractivity contribution is 5.97. The van der Waals surface area contributed by atoms with Crippen LogP contribution in [0.3, 0.4) is 0 Å². The number of aromatic nitrogens is 5. The predicted molar refractivity (Wildman–Crippen MR) is 135 cm³/mol. The lowest BCUT2D eigenvalue weighted by molar-refractivity contribution is -0.137. The molecular weight excluding hydrogens is 467 g/mol. The van der Waals surface area contributed by atoms with E-state index in [4.69, 9.17) is 0 Å². The van der Waals surface area contributed by atoms with Crippen LogP contribution in [-0.4, -0.2) is 43.9 Å². The first-order valence-corrected chi connectivity index (χ1v) is 12.1. The number of H-pyrrole nitrogens is 1. The zero-order chi connectivity index (χ0) is 25.5. The van der Waals surface area contributed by atoms with Gasteiger partial charge in [0.05, 0.1) is 11.9 Å². The van der Waals surface area contributed by atoms with Crippen molar-refractivity contribution in [1.29, 1.82) is 0 Å². The molecule has 0 radical (unpaired) electrons. The maximum Gasteiger partial charge on any atom is 0.419 e. The van der Waals surface area contributed by atoms with Crippen molar-refractivity contribution in [2.45, 2.75) is 52.4 Å². The van der Waals surface area contributed by atoms with Crippen LogP contribution in [-0.2, 0) is 12.7 Å². The quantitative estimate of drug-likeness (QED) is 0.329. The van der Waals surface area contributed by atoms with Crippen molar-refractivity contribution in [3.8, 4) is 22.4 Å². The number of piperidine rings is 1. The van der Waals surface area contributed by atoms with Crippen LogP contribution < -0.4 is 10.6 Å². The van der Waals surface area contributed by atoms with Gasteiger partial charge >= 0.3 is 6.18 Å². The topological polar surface area (TPSA) is 83.5 Å². The molecule has 0 bridgehead atoms. The van der Waals surface area contributed by atoms with Gasteiger partial charge in [-0.3, -0.25) is 4.68 Å². The van der Waals surface area contributed by atoms with Crippen LogP contribution in [0.5, 0.6) is 0 Å². The summed E-state index contributed by atoms with van der Waals surface area (Å²) in [6.07, 6.45) is 3.58. The van der Waals surface area contributed by atoms with Crippen LogP contribution in [0.15, 0.2) is 43.0 Å². The van der Waals surface area contributed by atoms with E-state index in [1.54, 1.807) is 12.4 Å². The van der Waals surface area contributed by atoms with E-state index in [2.05, 4.69) is 51.5 Å². The molecule has 1 saturated heterocycles. The van der Waals surface area contributed by atoms with E-state index in [0.717, 1.165) is 55.3 Å². The van der Waals surface area contributed by atoms with Crippen LogP contribution in [0.25, 0.3) is 33.3 Å². The molecule has 5 rings (SSSR count). The van der Waals surface area contributed by atoms with Crippen molar-refractivity contribution in [1.82, 2.24) is 30.0 Å². The third-order valence-corrected chi connectivity index (χ3v) is 6.26. The minimum Gasteiger partial charge on any atom is -0.360 e. The fraction of sp³-hybridized carbons (Fsp3) is 0.423. The molecule has 190 valence electrons. The average Bonchev–Trinajstić information content (AvgIpc) is 3.44. The molecule has 1 aromatic carbocycles. The summed E-state index contributed by atoms with van der Waals surface area (Å²) in [4.78, 5) is 11.5. The number of benzene rings is 1. The van der Waals surface area contributed by atoms with Crippen molar-refractivity contribution in [3.05, 3.63) is 48.5 Å². The number of rotatable bonds is 5. The summed E-state index contributed by atoms with van der Waals surface area (Å²) in [5, 5.41) is 11.6. The fourth-order valence-electron chi connectivity index (χ4n) is 4.61. The second-order valence-electron chi connectivity index (χ2n) is 10.6. The second-order valence-corrected chi connectivity index (χ2v) is 10.6. The number of aromatic amines is 1. The molecule has 1 atom stereocenters. The van der Waals surface area contributed by atoms with E-state index in [-0.39, 0.29) is 23.1 Å². The first-order valence-electron chi connectivity index (χ1n) is 12.1. The lowest BCUT2D eigenvalue weighted by atomic mass is 9.97. The van der Waals surface area contributed by atoms with Gasteiger partial charge in [0.25, 0.3) is 0 Å². The molecule has 36 heavy (non-hydrogen) atoms. The van der Waals surface area contributed by atoms with Crippen LogP contribution in [0, 0.1) is 5.41 Å². The number of halogens is 3. The minimum atomic E-state index is -4.58. The highest BCUT2D eigenvalue weighted by Gasteiger charge is 2.36. The maximum absolute atomic E-state index is 13.9. The van der Waals surface area contributed by atoms with Gasteiger partial charge in [0.15, 0.2) is 0 Å². The molecular formula is C26H30F3N7. The highest BCUT2D eigenvalue weighted by Crippen LogP contribution is 2.39. The number of alkyl halides is 3. The molecule has 4 aromatic rings. The molecule has 0 saturated carbocycles. The summed E-state index contributed by atoms with van der Waals surface area (Å²) in [7, 11) is 0. The van der Waals surface area contributed by atoms with Crippen molar-refractivity contribution in [2.24, 2.45) is 5.41 Å². The van der Waals surface area contributed by atoms with E-state index in [0.29, 0.717) is 10.9 Å². The molecule has 0 aliphatic carbocycles. The van der Waals surface area contributed by atoms with Crippen molar-refractivity contribution < 1.29 is 13.2 Å². The molecule has 4 heterocycles. The van der Waals surface area contributed by atoms with Crippen LogP contribution >= 0.6 is 0 Å². The molecule has 0 amide bonds. The van der Waals surface area contributed by atoms with Crippen LogP contribution in [0.1, 0.15) is 39.2 Å². The zero-order valence-corrected chi connectivity index (χ0v) is 20.6. The van der Waals surface area contributed by atoms with Gasteiger partial charge < -0.3 is 15.6 Å². The van der Waals surface area contributed by atoms with Crippen molar-refractivity contribution in [2.75, 3.05) is 18.4 Å². The van der Waals surface area contributed by atoms with Crippen LogP contribution in [0.4, 0.5) is 19.1 Å². The Balaban J connectivity index is 1.50. The Morgan fingerprint density at radius 2 is 1.97 bits per heavy atom. The number of fused-ring (bicyclic) bond motifs is 1. The van der Waals surface area contributed by atoms with Gasteiger partial charge in [-0.15, -0.1) is 0 Å². The highest BCUT2D eigenvalue weighted by atomic mass is 19.4. The minimum absolute atomic E-state index is 0.0769. The number of anilines is 1. The number of hydrogen-bond acceptors (Lipinski definition) is 5. The van der Waals surface area contributed by atoms with Gasteiger partial charge in [-0.2, -0.15) is 18.3 Å². The molecule has 10 heteroatoms. The van der Waals surface area contributed by atoms with Gasteiger partial charge in [-0.05, 0) is 36.4 Å². The number of nitrogens with zero attached hydrogens (tertiary/aromatic N) is 4. The normalized spacial score (nSPS) is 17.0. The summed E-state index contributed by atoms with van der Waals surface area (Å²) in [5.74, 6) is 0.198. The lowest BCUT2D eigenvalue weighted by Crippen LogP contribution is -2.38. The zero-order valence-electron chi connectivity index (χ0n) is 20.6. The third kappa shape index (κ3) is 5.23. The van der Waals surface area contributed by atoms with E-state index >= 15 is 0 Å². The molecule has 0 unspecified atom stereocenters. The monoisotopic (exact) mass is 497 g/mol. The van der Waals surface area contributed by atoms with Gasteiger partial charge in [-0.25, -0.2) is 9.97 Å². The first-order chi connectivity index (χ1) is 17.1. The molecule has 1 aliphatic rings. The molecule has 1 fully saturated rings. The van der Waals surface area contributed by atoms with Gasteiger partial charge in [0, 0.05) is 59.8 Å². The first kappa shape index (κ1) is 24.3. The number of hydrogen-bond donors (Lipinski definition) is 3. The fourth-order valence-corrected chi connectivity index (χ4v) is 4.61. The second kappa shape index (κ2) is 9.24. The summed E-state index contributed by atoms with van der Waals surface area (Å²) >= 11 is 0. The SMILES string of the molecule is CC(C)(C)Cn1cc(-c2ccc3c(-c4nc(N[C@H]5CCCNC5)ncc4C(F)(F)F)c[nH]c3c2)cn1. The Morgan fingerprint density at radius 3 is 2.69 bits per heavy atom. The largest absolute Gasteiger partial charge is 0.419 e. The van der Waals surface area contributed by atoms with E-state index < -0.39 is 11.7 Å². The molecule has 3 N–H and O–H groups in total. The average molecular weight is 498 g/mol. The predicted octanol–water partition coefficient (Wildman–Crippen LogP) is 5.72. The summed E-state index contributed by atoms with van der Waals surface area (Å²) in [6.45, 7) is 8.89. The Labute approximate surface area is 207 Å². The molecule has 0 spiro atoms. The Hall–Kier alpha value is -3.40. The maximum atomic E-state index is 13.9. The number of nitrogens with one attached hydrogen (secondary N) is 3. The summed E-state index contributed by atoms with van der Waals surface area (Å²) in [6, 6.07) is 5.74. The van der Waals surface area contributed by atoms with E-state index in [1.807, 2.05) is 29.1 Å². The van der Waals surface area contributed by atoms with Crippen molar-refractivity contribution in [3.63, 3.8) is 0 Å². The Morgan fingerprint density at radius 1 is 1.14 bits per heavy atom. The van der Waals surface area contributed by atoms with E-state index in [9.17, 15) is 13.2 Å². The Bertz CT molecular complexity index is 1360. The Kier molecular flexibility index (Phi) is 6.23. The van der Waals surface area contributed by atoms with Gasteiger partial charge in [-0.1, -0.05) is 32.9 Å². The summed E-state index contributed by atoms with van der Waals surface area (Å²) < 4.78 is 43.6. The smallest absolute Gasteiger partial charge is 0.360 e. The molecule has 7 nitrogen and oxygen atoms in total. The van der Waals surface area contributed by atoms with Crippen LogP contribution in [0.2, 0.25) is 0 Å². The molecule has 1 aliphatic heterocycles. The van der Waals surface area contributed by atoms with E-state index in [1.165, 1.54) is 0 Å². The van der Waals surface area contributed by atoms with Gasteiger partial charge in [0.1, 0.15) is 5.56 Å². The van der Waals surface area contributed by atoms with Gasteiger partial charge in [0.2, 0.25) is 5.95 Å². The molecule has 3 aromatic heterocycles. The lowest BCUT2D eigenvalue weighted by Gasteiger charge is -2.24. The van der Waals surface area contributed by atoms with Crippen molar-refractivity contribution >= 4 is 16.9 Å².